The summed E-state index contributed by atoms with van der Waals surface area (Å²) in [6, 6.07) is 9.73. The quantitative estimate of drug-likeness (QED) is 0.566. The number of benzene rings is 1. The van der Waals surface area contributed by atoms with Crippen LogP contribution in [-0.2, 0) is 6.54 Å². The maximum absolute atomic E-state index is 5.69. The zero-order chi connectivity index (χ0) is 14.2. The van der Waals surface area contributed by atoms with Crippen LogP contribution in [-0.4, -0.2) is 21.6 Å². The van der Waals surface area contributed by atoms with E-state index in [0.717, 1.165) is 30.8 Å². The van der Waals surface area contributed by atoms with E-state index in [-0.39, 0.29) is 6.04 Å². The fourth-order valence-corrected chi connectivity index (χ4v) is 2.05. The smallest absolute Gasteiger partial charge is 0.119 e. The van der Waals surface area contributed by atoms with E-state index in [4.69, 9.17) is 10.6 Å². The lowest BCUT2D eigenvalue weighted by Crippen LogP contribution is -2.31. The molecule has 108 valence electrons. The van der Waals surface area contributed by atoms with Crippen LogP contribution < -0.4 is 16.0 Å². The minimum Gasteiger partial charge on any atom is -0.494 e. The van der Waals surface area contributed by atoms with Gasteiger partial charge in [-0.3, -0.25) is 11.3 Å². The molecule has 3 N–H and O–H groups in total. The molecule has 0 aliphatic heterocycles. The van der Waals surface area contributed by atoms with E-state index in [9.17, 15) is 0 Å². The van der Waals surface area contributed by atoms with Gasteiger partial charge in [-0.2, -0.15) is 0 Å². The predicted octanol–water partition coefficient (Wildman–Crippen LogP) is 1.66. The molecule has 2 rings (SSSR count). The van der Waals surface area contributed by atoms with Gasteiger partial charge in [-0.15, -0.1) is 5.10 Å². The first kappa shape index (κ1) is 14.5. The Balaban J connectivity index is 1.90. The van der Waals surface area contributed by atoms with Gasteiger partial charge in [0.25, 0.3) is 0 Å². The summed E-state index contributed by atoms with van der Waals surface area (Å²) in [4.78, 5) is 0. The van der Waals surface area contributed by atoms with Gasteiger partial charge in [0.1, 0.15) is 5.75 Å². The maximum atomic E-state index is 5.69. The molecule has 20 heavy (non-hydrogen) atoms. The number of aromatic nitrogens is 3. The lowest BCUT2D eigenvalue weighted by atomic mass is 10.1. The van der Waals surface area contributed by atoms with Crippen LogP contribution in [0.4, 0.5) is 0 Å². The second-order valence-corrected chi connectivity index (χ2v) is 4.55. The fraction of sp³-hybridized carbons (Fsp3) is 0.429. The van der Waals surface area contributed by atoms with Gasteiger partial charge >= 0.3 is 0 Å². The number of rotatable bonds is 8. The van der Waals surface area contributed by atoms with E-state index in [1.807, 2.05) is 35.0 Å². The van der Waals surface area contributed by atoms with E-state index in [1.54, 1.807) is 6.20 Å². The minimum absolute atomic E-state index is 0.0136. The van der Waals surface area contributed by atoms with Crippen molar-refractivity contribution in [2.24, 2.45) is 5.84 Å². The summed E-state index contributed by atoms with van der Waals surface area (Å²) >= 11 is 0. The molecular formula is C14H21N5O. The summed E-state index contributed by atoms with van der Waals surface area (Å²) in [6.07, 6.45) is 3.51. The minimum atomic E-state index is -0.0136. The molecule has 0 spiro atoms. The highest BCUT2D eigenvalue weighted by atomic mass is 16.5. The largest absolute Gasteiger partial charge is 0.494 e. The fourth-order valence-electron chi connectivity index (χ4n) is 2.05. The second-order valence-electron chi connectivity index (χ2n) is 4.55. The third-order valence-corrected chi connectivity index (χ3v) is 3.06. The Morgan fingerprint density at radius 2 is 2.15 bits per heavy atom. The van der Waals surface area contributed by atoms with Gasteiger partial charge < -0.3 is 4.74 Å². The van der Waals surface area contributed by atoms with Crippen LogP contribution in [0, 0.1) is 0 Å². The molecule has 1 heterocycles. The number of nitrogens with two attached hydrogens (primary N) is 1. The van der Waals surface area contributed by atoms with E-state index >= 15 is 0 Å². The number of ether oxygens (including phenoxy) is 1. The number of hydrogen-bond acceptors (Lipinski definition) is 5. The van der Waals surface area contributed by atoms with E-state index in [0.29, 0.717) is 6.61 Å². The summed E-state index contributed by atoms with van der Waals surface area (Å²) in [7, 11) is 0. The zero-order valence-corrected chi connectivity index (χ0v) is 11.7. The van der Waals surface area contributed by atoms with Crippen LogP contribution in [0.15, 0.2) is 36.5 Å². The lowest BCUT2D eigenvalue weighted by Gasteiger charge is -2.17. The van der Waals surface area contributed by atoms with Gasteiger partial charge in [0, 0.05) is 13.0 Å². The van der Waals surface area contributed by atoms with Gasteiger partial charge in [0.15, 0.2) is 0 Å². The summed E-state index contributed by atoms with van der Waals surface area (Å²) in [5.41, 5.74) is 3.80. The molecule has 6 heteroatoms. The summed E-state index contributed by atoms with van der Waals surface area (Å²) in [5.74, 6) is 6.50. The van der Waals surface area contributed by atoms with Gasteiger partial charge in [0.05, 0.1) is 24.5 Å². The SMILES string of the molecule is CCCn1nncc1C(CCOc1ccccc1)NN. The third kappa shape index (κ3) is 3.79. The van der Waals surface area contributed by atoms with Crippen LogP contribution >= 0.6 is 0 Å². The van der Waals surface area contributed by atoms with Crippen molar-refractivity contribution in [3.63, 3.8) is 0 Å². The highest BCUT2D eigenvalue weighted by Crippen LogP contribution is 2.16. The number of nitrogens with zero attached hydrogens (tertiary/aromatic N) is 3. The average Bonchev–Trinajstić information content (AvgIpc) is 2.93. The molecule has 0 saturated heterocycles. The first-order valence-electron chi connectivity index (χ1n) is 6.87. The number of para-hydroxylation sites is 1. The topological polar surface area (TPSA) is 78.0 Å². The van der Waals surface area contributed by atoms with Crippen molar-refractivity contribution < 1.29 is 4.74 Å². The molecule has 0 amide bonds. The molecule has 6 nitrogen and oxygen atoms in total. The Hall–Kier alpha value is -1.92. The molecule has 0 fully saturated rings. The monoisotopic (exact) mass is 275 g/mol. The molecule has 1 aromatic carbocycles. The Labute approximate surface area is 118 Å². The standard InChI is InChI=1S/C14H21N5O/c1-2-9-19-14(11-16-18-19)13(17-15)8-10-20-12-6-4-3-5-7-12/h3-7,11,13,17H,2,8-10,15H2,1H3. The van der Waals surface area contributed by atoms with Crippen LogP contribution in [0.2, 0.25) is 0 Å². The van der Waals surface area contributed by atoms with E-state index < -0.39 is 0 Å². The van der Waals surface area contributed by atoms with Crippen LogP contribution in [0.1, 0.15) is 31.5 Å². The molecular weight excluding hydrogens is 254 g/mol. The Morgan fingerprint density at radius 3 is 2.85 bits per heavy atom. The highest BCUT2D eigenvalue weighted by Gasteiger charge is 2.15. The zero-order valence-electron chi connectivity index (χ0n) is 11.7. The van der Waals surface area contributed by atoms with Crippen molar-refractivity contribution in [2.45, 2.75) is 32.4 Å². The van der Waals surface area contributed by atoms with Crippen molar-refractivity contribution in [3.05, 3.63) is 42.2 Å². The van der Waals surface area contributed by atoms with E-state index in [1.165, 1.54) is 0 Å². The van der Waals surface area contributed by atoms with E-state index in [2.05, 4.69) is 22.7 Å². The maximum Gasteiger partial charge on any atom is 0.119 e. The first-order valence-corrected chi connectivity index (χ1v) is 6.87. The summed E-state index contributed by atoms with van der Waals surface area (Å²) in [5, 5.41) is 8.02. The number of hydrogen-bond donors (Lipinski definition) is 2. The molecule has 0 aliphatic rings. The van der Waals surface area contributed by atoms with Gasteiger partial charge in [-0.05, 0) is 18.6 Å². The molecule has 2 aromatic rings. The second kappa shape index (κ2) is 7.62. The molecule has 1 aromatic heterocycles. The van der Waals surface area contributed by atoms with Gasteiger partial charge in [0.2, 0.25) is 0 Å². The molecule has 1 unspecified atom stereocenters. The van der Waals surface area contributed by atoms with Crippen molar-refractivity contribution in [1.29, 1.82) is 0 Å². The number of hydrazine groups is 1. The molecule has 0 aliphatic carbocycles. The van der Waals surface area contributed by atoms with Gasteiger partial charge in [-0.25, -0.2) is 4.68 Å². The summed E-state index contributed by atoms with van der Waals surface area (Å²) in [6.45, 7) is 3.53. The van der Waals surface area contributed by atoms with Crippen LogP contribution in [0.25, 0.3) is 0 Å². The molecule has 1 atom stereocenters. The van der Waals surface area contributed by atoms with Crippen molar-refractivity contribution in [3.8, 4) is 5.75 Å². The Bertz CT molecular complexity index is 499. The normalized spacial score (nSPS) is 12.3. The molecule has 0 radical (unpaired) electrons. The van der Waals surface area contributed by atoms with Crippen molar-refractivity contribution >= 4 is 0 Å². The Morgan fingerprint density at radius 1 is 1.35 bits per heavy atom. The number of aryl methyl sites for hydroxylation is 1. The lowest BCUT2D eigenvalue weighted by molar-refractivity contribution is 0.282. The average molecular weight is 275 g/mol. The summed E-state index contributed by atoms with van der Waals surface area (Å²) < 4.78 is 7.57. The predicted molar refractivity (Wildman–Crippen MR) is 76.9 cm³/mol. The third-order valence-electron chi connectivity index (χ3n) is 3.06. The van der Waals surface area contributed by atoms with Crippen LogP contribution in [0.3, 0.4) is 0 Å². The van der Waals surface area contributed by atoms with Crippen molar-refractivity contribution in [1.82, 2.24) is 20.4 Å². The highest BCUT2D eigenvalue weighted by molar-refractivity contribution is 5.20. The van der Waals surface area contributed by atoms with Crippen molar-refractivity contribution in [2.75, 3.05) is 6.61 Å². The Kier molecular flexibility index (Phi) is 5.52. The molecule has 0 bridgehead atoms. The van der Waals surface area contributed by atoms with Gasteiger partial charge in [-0.1, -0.05) is 30.3 Å². The first-order chi connectivity index (χ1) is 9.85. The molecule has 0 saturated carbocycles. The van der Waals surface area contributed by atoms with Crippen LogP contribution in [0.5, 0.6) is 5.75 Å². The number of nitrogens with one attached hydrogen (secondary N) is 1.